The first-order chi connectivity index (χ1) is 9.27. The van der Waals surface area contributed by atoms with Crippen LogP contribution in [-0.2, 0) is 12.8 Å². The summed E-state index contributed by atoms with van der Waals surface area (Å²) in [6, 6.07) is 6.62. The van der Waals surface area contributed by atoms with Crippen molar-refractivity contribution in [3.05, 3.63) is 29.3 Å². The van der Waals surface area contributed by atoms with E-state index in [0.29, 0.717) is 0 Å². The van der Waals surface area contributed by atoms with Crippen LogP contribution in [0.1, 0.15) is 73.4 Å². The van der Waals surface area contributed by atoms with E-state index in [-0.39, 0.29) is 16.4 Å². The highest BCUT2D eigenvalue weighted by molar-refractivity contribution is 5.43. The molecule has 21 heavy (non-hydrogen) atoms. The minimum absolute atomic E-state index is 0.166. The summed E-state index contributed by atoms with van der Waals surface area (Å²) in [6.07, 6.45) is 2.08. The minimum Gasteiger partial charge on any atom is -0.488 e. The van der Waals surface area contributed by atoms with Crippen LogP contribution < -0.4 is 4.74 Å². The summed E-state index contributed by atoms with van der Waals surface area (Å²) in [6.45, 7) is 20.1. The van der Waals surface area contributed by atoms with Crippen LogP contribution >= 0.6 is 0 Å². The average Bonchev–Trinajstić information content (AvgIpc) is 2.16. The van der Waals surface area contributed by atoms with Crippen molar-refractivity contribution in [2.45, 2.75) is 80.8 Å². The topological polar surface area (TPSA) is 9.23 Å². The van der Waals surface area contributed by atoms with E-state index in [0.717, 1.165) is 18.6 Å². The van der Waals surface area contributed by atoms with Crippen LogP contribution in [0.15, 0.2) is 18.2 Å². The van der Waals surface area contributed by atoms with Gasteiger partial charge in [-0.2, -0.15) is 0 Å². The summed E-state index contributed by atoms with van der Waals surface area (Å²) < 4.78 is 6.36. The number of ether oxygens (including phenoxy) is 1. The summed E-state index contributed by atoms with van der Waals surface area (Å²) in [5, 5.41) is 0. The largest absolute Gasteiger partial charge is 0.488 e. The SMILES string of the molecule is CC(C)(C)Cc1cccc(CC(C)(C)C)c1OC(C)(C)C. The van der Waals surface area contributed by atoms with Crippen molar-refractivity contribution in [3.63, 3.8) is 0 Å². The van der Waals surface area contributed by atoms with Crippen LogP contribution in [0, 0.1) is 10.8 Å². The van der Waals surface area contributed by atoms with Crippen molar-refractivity contribution in [3.8, 4) is 5.75 Å². The molecule has 0 spiro atoms. The van der Waals surface area contributed by atoms with Gasteiger partial charge in [-0.15, -0.1) is 0 Å². The summed E-state index contributed by atoms with van der Waals surface area (Å²) in [5.74, 6) is 1.11. The second kappa shape index (κ2) is 6.02. The third-order valence-electron chi connectivity index (χ3n) is 3.03. The molecule has 0 aromatic heterocycles. The lowest BCUT2D eigenvalue weighted by Crippen LogP contribution is -2.26. The molecule has 0 saturated heterocycles. The summed E-state index contributed by atoms with van der Waals surface area (Å²) in [5.41, 5.74) is 3.02. The molecule has 1 aromatic rings. The number of benzene rings is 1. The molecule has 1 nitrogen and oxygen atoms in total. The van der Waals surface area contributed by atoms with E-state index in [1.54, 1.807) is 0 Å². The molecule has 0 aliphatic rings. The predicted molar refractivity (Wildman–Crippen MR) is 93.1 cm³/mol. The molecule has 1 rings (SSSR count). The maximum absolute atomic E-state index is 6.36. The van der Waals surface area contributed by atoms with Gasteiger partial charge in [0, 0.05) is 0 Å². The fourth-order valence-corrected chi connectivity index (χ4v) is 2.50. The fraction of sp³-hybridized carbons (Fsp3) is 0.700. The van der Waals surface area contributed by atoms with Crippen LogP contribution in [-0.4, -0.2) is 5.60 Å². The van der Waals surface area contributed by atoms with Gasteiger partial charge in [0.2, 0.25) is 0 Å². The monoisotopic (exact) mass is 290 g/mol. The summed E-state index contributed by atoms with van der Waals surface area (Å²) in [7, 11) is 0. The maximum Gasteiger partial charge on any atom is 0.126 e. The number of hydrogen-bond donors (Lipinski definition) is 0. The zero-order valence-corrected chi connectivity index (χ0v) is 15.6. The molecule has 0 bridgehead atoms. The highest BCUT2D eigenvalue weighted by Gasteiger charge is 2.23. The molecule has 0 saturated carbocycles. The average molecular weight is 290 g/mol. The molecular formula is C20H34O. The Kier molecular flexibility index (Phi) is 5.18. The predicted octanol–water partition coefficient (Wildman–Crippen LogP) is 6.04. The number of rotatable bonds is 3. The van der Waals surface area contributed by atoms with Crippen molar-refractivity contribution in [1.82, 2.24) is 0 Å². The zero-order valence-electron chi connectivity index (χ0n) is 15.6. The van der Waals surface area contributed by atoms with Crippen LogP contribution in [0.25, 0.3) is 0 Å². The fourth-order valence-electron chi connectivity index (χ4n) is 2.50. The van der Waals surface area contributed by atoms with Gasteiger partial charge in [0.25, 0.3) is 0 Å². The van der Waals surface area contributed by atoms with Gasteiger partial charge in [-0.05, 0) is 55.6 Å². The first-order valence-electron chi connectivity index (χ1n) is 8.07. The standard InChI is InChI=1S/C20H34O/c1-18(2,3)13-15-11-10-12-16(14-19(4,5)6)17(15)21-20(7,8)9/h10-12H,13-14H2,1-9H3. The lowest BCUT2D eigenvalue weighted by Gasteiger charge is -2.29. The molecule has 0 fully saturated rings. The van der Waals surface area contributed by atoms with E-state index in [1.807, 2.05) is 0 Å². The Morgan fingerprint density at radius 1 is 0.714 bits per heavy atom. The van der Waals surface area contributed by atoms with Gasteiger partial charge in [-0.1, -0.05) is 59.7 Å². The Morgan fingerprint density at radius 3 is 1.38 bits per heavy atom. The van der Waals surface area contributed by atoms with Crippen molar-refractivity contribution < 1.29 is 4.74 Å². The molecule has 0 aliphatic carbocycles. The molecule has 0 N–H and O–H groups in total. The smallest absolute Gasteiger partial charge is 0.126 e. The van der Waals surface area contributed by atoms with Crippen molar-refractivity contribution in [2.24, 2.45) is 10.8 Å². The van der Waals surface area contributed by atoms with E-state index < -0.39 is 0 Å². The normalized spacial score (nSPS) is 13.4. The van der Waals surface area contributed by atoms with Gasteiger partial charge in [0.05, 0.1) is 0 Å². The molecule has 1 heteroatoms. The Balaban J connectivity index is 3.27. The molecule has 0 radical (unpaired) electrons. The van der Waals surface area contributed by atoms with E-state index >= 15 is 0 Å². The van der Waals surface area contributed by atoms with Gasteiger partial charge in [0.15, 0.2) is 0 Å². The molecule has 120 valence electrons. The van der Waals surface area contributed by atoms with Crippen molar-refractivity contribution in [1.29, 1.82) is 0 Å². The van der Waals surface area contributed by atoms with Gasteiger partial charge >= 0.3 is 0 Å². The van der Waals surface area contributed by atoms with Crippen LogP contribution in [0.5, 0.6) is 5.75 Å². The quantitative estimate of drug-likeness (QED) is 0.659. The maximum atomic E-state index is 6.36. The van der Waals surface area contributed by atoms with Crippen LogP contribution in [0.4, 0.5) is 0 Å². The Labute approximate surface area is 132 Å². The second-order valence-electron chi connectivity index (χ2n) is 9.59. The van der Waals surface area contributed by atoms with Crippen molar-refractivity contribution in [2.75, 3.05) is 0 Å². The van der Waals surface area contributed by atoms with E-state index in [9.17, 15) is 0 Å². The molecule has 1 aromatic carbocycles. The lowest BCUT2D eigenvalue weighted by molar-refractivity contribution is 0.126. The Morgan fingerprint density at radius 2 is 1.10 bits per heavy atom. The lowest BCUT2D eigenvalue weighted by atomic mass is 9.83. The zero-order chi connectivity index (χ0) is 16.5. The number of para-hydroxylation sites is 1. The highest BCUT2D eigenvalue weighted by Crippen LogP contribution is 2.35. The summed E-state index contributed by atoms with van der Waals surface area (Å²) in [4.78, 5) is 0. The van der Waals surface area contributed by atoms with E-state index in [2.05, 4.69) is 80.5 Å². The number of hydrogen-bond acceptors (Lipinski definition) is 1. The van der Waals surface area contributed by atoms with Crippen molar-refractivity contribution >= 4 is 0 Å². The van der Waals surface area contributed by atoms with E-state index in [1.165, 1.54) is 11.1 Å². The first kappa shape index (κ1) is 18.1. The van der Waals surface area contributed by atoms with Gasteiger partial charge in [0.1, 0.15) is 11.4 Å². The van der Waals surface area contributed by atoms with Crippen LogP contribution in [0.2, 0.25) is 0 Å². The van der Waals surface area contributed by atoms with E-state index in [4.69, 9.17) is 4.74 Å². The van der Waals surface area contributed by atoms with Gasteiger partial charge in [-0.25, -0.2) is 0 Å². The molecule has 0 heterocycles. The molecule has 0 unspecified atom stereocenters. The first-order valence-corrected chi connectivity index (χ1v) is 8.07. The van der Waals surface area contributed by atoms with Gasteiger partial charge < -0.3 is 4.74 Å². The molecule has 0 atom stereocenters. The third-order valence-corrected chi connectivity index (χ3v) is 3.03. The molecule has 0 aliphatic heterocycles. The molecule has 0 amide bonds. The third kappa shape index (κ3) is 7.02. The Bertz CT molecular complexity index is 430. The van der Waals surface area contributed by atoms with Crippen LogP contribution in [0.3, 0.4) is 0 Å². The second-order valence-corrected chi connectivity index (χ2v) is 9.59. The highest BCUT2D eigenvalue weighted by atomic mass is 16.5. The summed E-state index contributed by atoms with van der Waals surface area (Å²) >= 11 is 0. The Hall–Kier alpha value is -0.980. The molecular weight excluding hydrogens is 256 g/mol. The minimum atomic E-state index is -0.166. The van der Waals surface area contributed by atoms with Gasteiger partial charge in [-0.3, -0.25) is 0 Å².